The van der Waals surface area contributed by atoms with Crippen molar-refractivity contribution in [3.8, 4) is 22.7 Å². The molecule has 2 aromatic heterocycles. The molecule has 0 radical (unpaired) electrons. The van der Waals surface area contributed by atoms with Gasteiger partial charge in [-0.1, -0.05) is 65.9 Å². The molecule has 0 spiro atoms. The molecule has 0 fully saturated rings. The van der Waals surface area contributed by atoms with Crippen LogP contribution in [0, 0.1) is 6.92 Å². The van der Waals surface area contributed by atoms with Crippen molar-refractivity contribution in [2.75, 3.05) is 17.7 Å². The van der Waals surface area contributed by atoms with E-state index in [2.05, 4.69) is 10.3 Å². The van der Waals surface area contributed by atoms with Gasteiger partial charge in [0.05, 0.1) is 34.6 Å². The van der Waals surface area contributed by atoms with E-state index >= 15 is 0 Å². The Morgan fingerprint density at radius 1 is 1.03 bits per heavy atom. The predicted octanol–water partition coefficient (Wildman–Crippen LogP) is 5.95. The third-order valence-electron chi connectivity index (χ3n) is 5.58. The minimum Gasteiger partial charge on any atom is -0.492 e. The second kappa shape index (κ2) is 11.0. The van der Waals surface area contributed by atoms with Gasteiger partial charge in [-0.25, -0.2) is 9.97 Å². The van der Waals surface area contributed by atoms with Crippen LogP contribution < -0.4 is 15.6 Å². The number of para-hydroxylation sites is 3. The van der Waals surface area contributed by atoms with Crippen LogP contribution in [-0.4, -0.2) is 32.8 Å². The first kappa shape index (κ1) is 24.7. The summed E-state index contributed by atoms with van der Waals surface area (Å²) in [5.74, 6) is 0.393. The van der Waals surface area contributed by atoms with Crippen molar-refractivity contribution in [1.82, 2.24) is 14.5 Å². The van der Waals surface area contributed by atoms with Crippen molar-refractivity contribution in [1.29, 1.82) is 0 Å². The van der Waals surface area contributed by atoms with E-state index in [1.807, 2.05) is 79.9 Å². The van der Waals surface area contributed by atoms with Gasteiger partial charge in [-0.3, -0.25) is 14.2 Å². The largest absolute Gasteiger partial charge is 0.492 e. The molecule has 9 heteroatoms. The van der Waals surface area contributed by atoms with Gasteiger partial charge in [-0.05, 0) is 38.1 Å². The quantitative estimate of drug-likeness (QED) is 0.198. The molecule has 0 aliphatic heterocycles. The molecule has 0 bridgehead atoms. The second-order valence-electron chi connectivity index (χ2n) is 8.19. The lowest BCUT2D eigenvalue weighted by molar-refractivity contribution is -0.113. The lowest BCUT2D eigenvalue weighted by Crippen LogP contribution is -2.23. The van der Waals surface area contributed by atoms with Gasteiger partial charge in [-0.2, -0.15) is 0 Å². The van der Waals surface area contributed by atoms with Gasteiger partial charge in [-0.15, -0.1) is 11.3 Å². The summed E-state index contributed by atoms with van der Waals surface area (Å²) in [6.07, 6.45) is 0. The van der Waals surface area contributed by atoms with Crippen LogP contribution in [-0.2, 0) is 4.79 Å². The van der Waals surface area contributed by atoms with Crippen LogP contribution in [0.1, 0.15) is 12.5 Å². The van der Waals surface area contributed by atoms with E-state index in [0.717, 1.165) is 11.3 Å². The summed E-state index contributed by atoms with van der Waals surface area (Å²) in [5.41, 5.74) is 3.92. The topological polar surface area (TPSA) is 86.1 Å². The molecule has 2 heterocycles. The molecule has 186 valence electrons. The zero-order chi connectivity index (χ0) is 25.8. The SMILES string of the molecule is CCOc1ccccc1-n1c(SCC(=O)Nc2nc(-c3ccc(C)cc3)cs2)nc2ccccc2c1=O. The van der Waals surface area contributed by atoms with Crippen molar-refractivity contribution >= 4 is 45.0 Å². The molecule has 0 saturated heterocycles. The number of nitrogens with zero attached hydrogens (tertiary/aromatic N) is 3. The standard InChI is InChI=1S/C28H24N4O3S2/c1-3-35-24-11-7-6-10-23(24)32-26(34)20-8-4-5-9-21(20)30-28(32)37-17-25(33)31-27-29-22(16-36-27)19-14-12-18(2)13-15-19/h4-16H,3,17H2,1-2H3,(H,29,31,33). The van der Waals surface area contributed by atoms with Crippen molar-refractivity contribution in [3.05, 3.63) is 94.1 Å². The first-order chi connectivity index (χ1) is 18.0. The fraction of sp³-hybridized carbons (Fsp3) is 0.143. The fourth-order valence-corrected chi connectivity index (χ4v) is 5.36. The van der Waals surface area contributed by atoms with Gasteiger partial charge >= 0.3 is 0 Å². The van der Waals surface area contributed by atoms with E-state index in [1.54, 1.807) is 12.1 Å². The number of benzene rings is 3. The first-order valence-corrected chi connectivity index (χ1v) is 13.6. The summed E-state index contributed by atoms with van der Waals surface area (Å²) in [4.78, 5) is 35.7. The third kappa shape index (κ3) is 5.42. The van der Waals surface area contributed by atoms with Gasteiger partial charge in [0, 0.05) is 10.9 Å². The lowest BCUT2D eigenvalue weighted by atomic mass is 10.1. The molecule has 0 atom stereocenters. The van der Waals surface area contributed by atoms with Crippen LogP contribution in [0.2, 0.25) is 0 Å². The molecule has 0 saturated carbocycles. The number of hydrogen-bond acceptors (Lipinski definition) is 7. The predicted molar refractivity (Wildman–Crippen MR) is 150 cm³/mol. The number of aryl methyl sites for hydroxylation is 1. The van der Waals surface area contributed by atoms with Crippen LogP contribution in [0.3, 0.4) is 0 Å². The van der Waals surface area contributed by atoms with E-state index in [1.165, 1.54) is 33.2 Å². The Morgan fingerprint density at radius 2 is 1.78 bits per heavy atom. The highest BCUT2D eigenvalue weighted by atomic mass is 32.2. The Labute approximate surface area is 222 Å². The molecule has 5 aromatic rings. The molecule has 1 amide bonds. The number of ether oxygens (including phenoxy) is 1. The van der Waals surface area contributed by atoms with Gasteiger partial charge in [0.2, 0.25) is 5.91 Å². The molecule has 0 aliphatic rings. The van der Waals surface area contributed by atoms with E-state index < -0.39 is 0 Å². The summed E-state index contributed by atoms with van der Waals surface area (Å²) in [6, 6.07) is 22.6. The molecule has 5 rings (SSSR count). The Balaban J connectivity index is 1.40. The minimum atomic E-state index is -0.234. The molecule has 1 N–H and O–H groups in total. The average Bonchev–Trinajstić information content (AvgIpc) is 3.37. The van der Waals surface area contributed by atoms with E-state index in [-0.39, 0.29) is 17.2 Å². The monoisotopic (exact) mass is 528 g/mol. The second-order valence-corrected chi connectivity index (χ2v) is 9.99. The van der Waals surface area contributed by atoms with E-state index in [4.69, 9.17) is 9.72 Å². The zero-order valence-corrected chi connectivity index (χ0v) is 21.9. The van der Waals surface area contributed by atoms with E-state index in [9.17, 15) is 9.59 Å². The number of nitrogens with one attached hydrogen (secondary N) is 1. The molecule has 0 unspecified atom stereocenters. The maximum Gasteiger partial charge on any atom is 0.266 e. The maximum absolute atomic E-state index is 13.5. The number of anilines is 1. The number of carbonyl (C=O) groups excluding carboxylic acids is 1. The van der Waals surface area contributed by atoms with Crippen molar-refractivity contribution in [2.24, 2.45) is 0 Å². The highest BCUT2D eigenvalue weighted by molar-refractivity contribution is 7.99. The van der Waals surface area contributed by atoms with Gasteiger partial charge < -0.3 is 10.1 Å². The summed E-state index contributed by atoms with van der Waals surface area (Å²) in [6.45, 7) is 4.38. The zero-order valence-electron chi connectivity index (χ0n) is 20.3. The average molecular weight is 529 g/mol. The Bertz CT molecular complexity index is 1630. The molecule has 7 nitrogen and oxygen atoms in total. The summed E-state index contributed by atoms with van der Waals surface area (Å²) < 4.78 is 7.30. The Morgan fingerprint density at radius 3 is 2.59 bits per heavy atom. The fourth-order valence-electron chi connectivity index (χ4n) is 3.81. The first-order valence-electron chi connectivity index (χ1n) is 11.7. The highest BCUT2D eigenvalue weighted by Crippen LogP contribution is 2.28. The lowest BCUT2D eigenvalue weighted by Gasteiger charge is -2.16. The number of hydrogen-bond donors (Lipinski definition) is 1. The van der Waals surface area contributed by atoms with Gasteiger partial charge in [0.25, 0.3) is 5.56 Å². The van der Waals surface area contributed by atoms with Crippen molar-refractivity contribution in [2.45, 2.75) is 19.0 Å². The maximum atomic E-state index is 13.5. The summed E-state index contributed by atoms with van der Waals surface area (Å²) in [7, 11) is 0. The van der Waals surface area contributed by atoms with Crippen LogP contribution in [0.4, 0.5) is 5.13 Å². The van der Waals surface area contributed by atoms with Crippen LogP contribution in [0.25, 0.3) is 27.8 Å². The van der Waals surface area contributed by atoms with Crippen LogP contribution in [0.5, 0.6) is 5.75 Å². The molecular weight excluding hydrogens is 504 g/mol. The smallest absolute Gasteiger partial charge is 0.266 e. The number of thioether (sulfide) groups is 1. The molecule has 37 heavy (non-hydrogen) atoms. The minimum absolute atomic E-state index is 0.0566. The van der Waals surface area contributed by atoms with E-state index in [0.29, 0.717) is 39.2 Å². The number of aromatic nitrogens is 3. The number of fused-ring (bicyclic) bond motifs is 1. The number of rotatable bonds is 8. The van der Waals surface area contributed by atoms with Gasteiger partial charge in [0.1, 0.15) is 5.75 Å². The highest BCUT2D eigenvalue weighted by Gasteiger charge is 2.18. The van der Waals surface area contributed by atoms with Gasteiger partial charge in [0.15, 0.2) is 10.3 Å². The molecular formula is C28H24N4O3S2. The molecule has 0 aliphatic carbocycles. The normalized spacial score (nSPS) is 11.0. The third-order valence-corrected chi connectivity index (χ3v) is 7.28. The number of thiazole rings is 1. The van der Waals surface area contributed by atoms with Crippen molar-refractivity contribution in [3.63, 3.8) is 0 Å². The van der Waals surface area contributed by atoms with Crippen molar-refractivity contribution < 1.29 is 9.53 Å². The Kier molecular flexibility index (Phi) is 7.34. The van der Waals surface area contributed by atoms with Crippen LogP contribution in [0.15, 0.2) is 88.1 Å². The summed E-state index contributed by atoms with van der Waals surface area (Å²) in [5, 5.41) is 6.20. The molecule has 3 aromatic carbocycles. The summed E-state index contributed by atoms with van der Waals surface area (Å²) >= 11 is 2.56. The van der Waals surface area contributed by atoms with Crippen LogP contribution >= 0.6 is 23.1 Å². The Hall–Kier alpha value is -3.95. The number of amides is 1. The number of carbonyl (C=O) groups is 1.